The van der Waals surface area contributed by atoms with E-state index in [9.17, 15) is 9.18 Å². The van der Waals surface area contributed by atoms with Crippen molar-refractivity contribution >= 4 is 34.2 Å². The summed E-state index contributed by atoms with van der Waals surface area (Å²) < 4.78 is 20.1. The number of pyridine rings is 1. The predicted molar refractivity (Wildman–Crippen MR) is 63.8 cm³/mol. The van der Waals surface area contributed by atoms with Gasteiger partial charge in [-0.2, -0.15) is 0 Å². The van der Waals surface area contributed by atoms with Gasteiger partial charge in [0.05, 0.1) is 6.61 Å². The van der Waals surface area contributed by atoms with Crippen LogP contribution in [-0.2, 0) is 4.74 Å². The van der Waals surface area contributed by atoms with E-state index in [1.807, 2.05) is 22.6 Å². The molecule has 0 aliphatic heterocycles. The zero-order chi connectivity index (χ0) is 11.7. The van der Waals surface area contributed by atoms with Gasteiger partial charge in [-0.1, -0.05) is 0 Å². The summed E-state index contributed by atoms with van der Waals surface area (Å²) in [5, 5.41) is 0. The van der Waals surface area contributed by atoms with Gasteiger partial charge in [-0.15, -0.1) is 0 Å². The van der Waals surface area contributed by atoms with Gasteiger partial charge in [0, 0.05) is 12.3 Å². The highest BCUT2D eigenvalue weighted by atomic mass is 127. The Hall–Kier alpha value is -1.18. The summed E-state index contributed by atoms with van der Waals surface area (Å²) in [6, 6.07) is 2.58. The van der Waals surface area contributed by atoms with Crippen LogP contribution in [0.1, 0.15) is 17.4 Å². The third-order valence-electron chi connectivity index (χ3n) is 2.00. The van der Waals surface area contributed by atoms with Crippen LogP contribution in [0.5, 0.6) is 0 Å². The van der Waals surface area contributed by atoms with Crippen LogP contribution < -0.4 is 0 Å². The molecule has 0 amide bonds. The third-order valence-corrected chi connectivity index (χ3v) is 3.03. The molecule has 6 heteroatoms. The number of rotatable bonds is 2. The molecule has 0 unspecified atom stereocenters. The van der Waals surface area contributed by atoms with Crippen molar-refractivity contribution in [3.8, 4) is 0 Å². The van der Waals surface area contributed by atoms with Gasteiger partial charge < -0.3 is 4.74 Å². The van der Waals surface area contributed by atoms with Crippen molar-refractivity contribution < 1.29 is 13.9 Å². The zero-order valence-electron chi connectivity index (χ0n) is 8.41. The lowest BCUT2D eigenvalue weighted by Gasteiger charge is -1.97. The van der Waals surface area contributed by atoms with Crippen LogP contribution >= 0.6 is 22.6 Å². The number of hydrogen-bond donors (Lipinski definition) is 0. The summed E-state index contributed by atoms with van der Waals surface area (Å²) in [5.41, 5.74) is 0.612. The number of carbonyl (C=O) groups excluding carboxylic acids is 1. The summed E-state index contributed by atoms with van der Waals surface area (Å²) in [6.45, 7) is 2.01. The van der Waals surface area contributed by atoms with E-state index in [4.69, 9.17) is 4.74 Å². The maximum atomic E-state index is 13.0. The number of imidazole rings is 1. The average Bonchev–Trinajstić information content (AvgIpc) is 2.56. The van der Waals surface area contributed by atoms with Crippen molar-refractivity contribution in [3.63, 3.8) is 0 Å². The number of ether oxygens (including phenoxy) is 1. The first kappa shape index (κ1) is 11.3. The molecule has 0 bridgehead atoms. The van der Waals surface area contributed by atoms with Gasteiger partial charge in [0.2, 0.25) is 0 Å². The largest absolute Gasteiger partial charge is 0.461 e. The number of carbonyl (C=O) groups is 1. The quantitative estimate of drug-likeness (QED) is 0.625. The fraction of sp³-hybridized carbons (Fsp3) is 0.200. The highest BCUT2D eigenvalue weighted by Crippen LogP contribution is 2.16. The monoisotopic (exact) mass is 334 g/mol. The van der Waals surface area contributed by atoms with E-state index >= 15 is 0 Å². The number of halogens is 2. The van der Waals surface area contributed by atoms with Crippen molar-refractivity contribution in [2.45, 2.75) is 6.92 Å². The second-order valence-corrected chi connectivity index (χ2v) is 4.07. The molecule has 0 atom stereocenters. The molecule has 4 nitrogen and oxygen atoms in total. The van der Waals surface area contributed by atoms with Gasteiger partial charge in [-0.25, -0.2) is 14.2 Å². The Labute approximate surface area is 105 Å². The average molecular weight is 334 g/mol. The molecule has 0 N–H and O–H groups in total. The molecule has 0 radical (unpaired) electrons. The minimum Gasteiger partial charge on any atom is -0.461 e. The Morgan fingerprint density at radius 2 is 2.44 bits per heavy atom. The topological polar surface area (TPSA) is 43.6 Å². The van der Waals surface area contributed by atoms with Gasteiger partial charge in [0.15, 0.2) is 5.69 Å². The zero-order valence-corrected chi connectivity index (χ0v) is 10.6. The Balaban J connectivity index is 2.55. The second-order valence-electron chi connectivity index (χ2n) is 3.04. The van der Waals surface area contributed by atoms with E-state index in [0.29, 0.717) is 9.35 Å². The lowest BCUT2D eigenvalue weighted by Crippen LogP contribution is -2.06. The van der Waals surface area contributed by atoms with E-state index in [0.717, 1.165) is 0 Å². The van der Waals surface area contributed by atoms with E-state index in [-0.39, 0.29) is 18.1 Å². The summed E-state index contributed by atoms with van der Waals surface area (Å²) in [7, 11) is 0. The van der Waals surface area contributed by atoms with Crippen LogP contribution in [0.3, 0.4) is 0 Å². The molecule has 84 valence electrons. The normalized spacial score (nSPS) is 10.7. The number of hydrogen-bond acceptors (Lipinski definition) is 3. The standard InChI is InChI=1S/C10H8FIN2O2/c1-2-16-10(15)8-9(12)14-4-3-6(11)5-7(14)13-8/h3-5H,2H2,1H3. The highest BCUT2D eigenvalue weighted by Gasteiger charge is 2.18. The summed E-state index contributed by atoms with van der Waals surface area (Å²) in [6.07, 6.45) is 1.53. The number of fused-ring (bicyclic) bond motifs is 1. The van der Waals surface area contributed by atoms with Crippen molar-refractivity contribution in [1.29, 1.82) is 0 Å². The van der Waals surface area contributed by atoms with Crippen LogP contribution in [0, 0.1) is 9.52 Å². The molecule has 0 fully saturated rings. The fourth-order valence-electron chi connectivity index (χ4n) is 1.32. The maximum Gasteiger partial charge on any atom is 0.359 e. The van der Waals surface area contributed by atoms with Crippen LogP contribution in [0.25, 0.3) is 5.65 Å². The second kappa shape index (κ2) is 4.36. The summed E-state index contributed by atoms with van der Waals surface area (Å²) in [4.78, 5) is 15.6. The molecule has 16 heavy (non-hydrogen) atoms. The van der Waals surface area contributed by atoms with Crippen LogP contribution in [-0.4, -0.2) is 22.0 Å². The van der Waals surface area contributed by atoms with Crippen molar-refractivity contribution in [1.82, 2.24) is 9.38 Å². The summed E-state index contributed by atoms with van der Waals surface area (Å²) in [5.74, 6) is -0.875. The van der Waals surface area contributed by atoms with Gasteiger partial charge in [-0.3, -0.25) is 4.40 Å². The Morgan fingerprint density at radius 3 is 3.12 bits per heavy atom. The lowest BCUT2D eigenvalue weighted by molar-refractivity contribution is 0.0519. The van der Waals surface area contributed by atoms with E-state index in [1.54, 1.807) is 11.3 Å². The molecule has 0 aliphatic carbocycles. The van der Waals surface area contributed by atoms with Crippen molar-refractivity contribution in [2.75, 3.05) is 6.61 Å². The molecular formula is C10H8FIN2O2. The van der Waals surface area contributed by atoms with Gasteiger partial charge in [0.25, 0.3) is 0 Å². The molecule has 2 aromatic rings. The molecule has 0 aliphatic rings. The van der Waals surface area contributed by atoms with Gasteiger partial charge in [-0.05, 0) is 35.6 Å². The summed E-state index contributed by atoms with van der Waals surface area (Å²) >= 11 is 1.98. The Kier molecular flexibility index (Phi) is 3.08. The van der Waals surface area contributed by atoms with Gasteiger partial charge in [0.1, 0.15) is 15.2 Å². The lowest BCUT2D eigenvalue weighted by atomic mass is 10.4. The first-order valence-corrected chi connectivity index (χ1v) is 5.71. The van der Waals surface area contributed by atoms with Crippen molar-refractivity contribution in [3.05, 3.63) is 33.5 Å². The van der Waals surface area contributed by atoms with Crippen LogP contribution in [0.2, 0.25) is 0 Å². The molecule has 2 heterocycles. The SMILES string of the molecule is CCOC(=O)c1nc2cc(F)ccn2c1I. The minimum atomic E-state index is -0.490. The van der Waals surface area contributed by atoms with E-state index in [1.165, 1.54) is 18.3 Å². The fourth-order valence-corrected chi connectivity index (χ4v) is 2.07. The van der Waals surface area contributed by atoms with Gasteiger partial charge >= 0.3 is 5.97 Å². The Bertz CT molecular complexity index is 553. The Morgan fingerprint density at radius 1 is 1.69 bits per heavy atom. The third kappa shape index (κ3) is 1.89. The van der Waals surface area contributed by atoms with Crippen LogP contribution in [0.4, 0.5) is 4.39 Å². The first-order valence-electron chi connectivity index (χ1n) is 4.63. The van der Waals surface area contributed by atoms with Crippen LogP contribution in [0.15, 0.2) is 18.3 Å². The first-order chi connectivity index (χ1) is 7.63. The van der Waals surface area contributed by atoms with Crippen molar-refractivity contribution in [2.24, 2.45) is 0 Å². The highest BCUT2D eigenvalue weighted by molar-refractivity contribution is 14.1. The smallest absolute Gasteiger partial charge is 0.359 e. The maximum absolute atomic E-state index is 13.0. The van der Waals surface area contributed by atoms with E-state index in [2.05, 4.69) is 4.98 Å². The molecule has 0 saturated heterocycles. The van der Waals surface area contributed by atoms with E-state index < -0.39 is 5.97 Å². The molecular weight excluding hydrogens is 326 g/mol. The molecule has 2 aromatic heterocycles. The molecule has 2 rings (SSSR count). The predicted octanol–water partition coefficient (Wildman–Crippen LogP) is 2.25. The number of nitrogens with zero attached hydrogens (tertiary/aromatic N) is 2. The number of aromatic nitrogens is 2. The molecule has 0 aromatic carbocycles. The molecule has 0 spiro atoms. The minimum absolute atomic E-state index is 0.216. The molecule has 0 saturated carbocycles. The number of esters is 1.